The molecule has 3 fully saturated rings. The zero-order valence-corrected chi connectivity index (χ0v) is 26.5. The lowest BCUT2D eigenvalue weighted by Gasteiger charge is -2.50. The van der Waals surface area contributed by atoms with Crippen LogP contribution in [0.25, 0.3) is 0 Å². The number of benzene rings is 3. The van der Waals surface area contributed by atoms with Gasteiger partial charge in [0.25, 0.3) is 11.8 Å². The van der Waals surface area contributed by atoms with Crippen LogP contribution in [-0.4, -0.2) is 44.3 Å². The van der Waals surface area contributed by atoms with E-state index in [4.69, 9.17) is 23.2 Å². The van der Waals surface area contributed by atoms with Crippen LogP contribution < -0.4 is 9.80 Å². The first-order valence-electron chi connectivity index (χ1n) is 14.8. The number of nitrogens with zero attached hydrogens (tertiary/aromatic N) is 2. The highest BCUT2D eigenvalue weighted by Crippen LogP contribution is 2.66. The van der Waals surface area contributed by atoms with Gasteiger partial charge in [0.2, 0.25) is 17.6 Å². The van der Waals surface area contributed by atoms with E-state index in [9.17, 15) is 42.3 Å². The predicted molar refractivity (Wildman–Crippen MR) is 163 cm³/mol. The van der Waals surface area contributed by atoms with E-state index in [0.717, 1.165) is 4.90 Å². The number of phenols is 1. The van der Waals surface area contributed by atoms with Gasteiger partial charge in [0.1, 0.15) is 11.4 Å². The topological polar surface area (TPSA) is 112 Å². The summed E-state index contributed by atoms with van der Waals surface area (Å²) in [5.41, 5.74) is -0.945. The van der Waals surface area contributed by atoms with Crippen LogP contribution in [0.5, 0.6) is 5.75 Å². The van der Waals surface area contributed by atoms with Crippen molar-refractivity contribution >= 4 is 64.0 Å². The number of alkyl halides is 2. The number of carbonyl (C=O) groups is 5. The minimum absolute atomic E-state index is 0.0383. The highest BCUT2D eigenvalue weighted by Gasteiger charge is 2.77. The number of allylic oxidation sites excluding steroid dienone is 2. The number of aromatic hydroxyl groups is 1. The Bertz CT molecular complexity index is 2050. The lowest BCUT2D eigenvalue weighted by molar-refractivity contribution is -0.125. The fourth-order valence-electron chi connectivity index (χ4n) is 7.71. The number of amides is 4. The number of fused-ring (bicyclic) bond motifs is 4. The number of ketones is 1. The molecule has 4 amide bonds. The number of carbonyl (C=O) groups excluding carboxylic acids is 5. The standard InChI is InChI=1S/C34H21Cl2F5N2O6/c1-13(44)14-2-6-16(7-3-14)42-29(46)19-11-10-18-20(21(19)30(42)47)12-33(35)31(48)43(28-26(40)24(38)23(37)25(39)27(28)41)32(49)34(33,36)22(18)15-4-8-17(45)9-5-15/h2-10,19-22,45H,11-12H2,1H3/t19-,20+,21-,22-,33+,34-/m0/s1. The maximum Gasteiger partial charge on any atom is 0.258 e. The van der Waals surface area contributed by atoms with Gasteiger partial charge in [-0.15, -0.1) is 23.2 Å². The van der Waals surface area contributed by atoms with Gasteiger partial charge in [0.05, 0.1) is 17.5 Å². The number of hydrogen-bond donors (Lipinski definition) is 1. The van der Waals surface area contributed by atoms with Gasteiger partial charge in [-0.05, 0) is 67.6 Å². The third-order valence-electron chi connectivity index (χ3n) is 9.98. The molecular weight excluding hydrogens is 698 g/mol. The van der Waals surface area contributed by atoms with Gasteiger partial charge in [-0.3, -0.25) is 28.9 Å². The molecule has 2 saturated heterocycles. The average molecular weight is 719 g/mol. The van der Waals surface area contributed by atoms with Gasteiger partial charge < -0.3 is 5.11 Å². The summed E-state index contributed by atoms with van der Waals surface area (Å²) in [6, 6.07) is 10.8. The van der Waals surface area contributed by atoms with Gasteiger partial charge in [-0.25, -0.2) is 26.9 Å². The van der Waals surface area contributed by atoms with E-state index in [1.807, 2.05) is 0 Å². The number of halogens is 7. The van der Waals surface area contributed by atoms with E-state index >= 15 is 8.78 Å². The molecule has 0 spiro atoms. The number of phenolic OH excluding ortho intramolecular Hbond substituents is 1. The molecule has 0 radical (unpaired) electrons. The zero-order valence-electron chi connectivity index (χ0n) is 24.9. The molecule has 2 aliphatic heterocycles. The van der Waals surface area contributed by atoms with Crippen LogP contribution in [0.15, 0.2) is 60.2 Å². The van der Waals surface area contributed by atoms with E-state index in [0.29, 0.717) is 5.56 Å². The van der Waals surface area contributed by atoms with E-state index in [2.05, 4.69) is 0 Å². The molecule has 8 nitrogen and oxygen atoms in total. The molecule has 6 atom stereocenters. The Morgan fingerprint density at radius 1 is 0.776 bits per heavy atom. The molecule has 0 aromatic heterocycles. The van der Waals surface area contributed by atoms with Crippen LogP contribution in [-0.2, 0) is 19.2 Å². The molecule has 1 N–H and O–H groups in total. The molecule has 7 rings (SSSR count). The molecule has 49 heavy (non-hydrogen) atoms. The Hall–Kier alpha value is -4.62. The highest BCUT2D eigenvalue weighted by molar-refractivity contribution is 6.58. The van der Waals surface area contributed by atoms with E-state index in [1.54, 1.807) is 6.08 Å². The van der Waals surface area contributed by atoms with Gasteiger partial charge in [0, 0.05) is 11.5 Å². The quantitative estimate of drug-likeness (QED) is 0.0668. The minimum Gasteiger partial charge on any atom is -0.508 e. The molecule has 2 aliphatic carbocycles. The van der Waals surface area contributed by atoms with Crippen molar-refractivity contribution in [1.82, 2.24) is 0 Å². The molecule has 3 aromatic carbocycles. The summed E-state index contributed by atoms with van der Waals surface area (Å²) in [6.45, 7) is 1.34. The third kappa shape index (κ3) is 4.24. The minimum atomic E-state index is -2.66. The van der Waals surface area contributed by atoms with Gasteiger partial charge in [0.15, 0.2) is 38.8 Å². The maximum atomic E-state index is 15.1. The molecule has 0 unspecified atom stereocenters. The van der Waals surface area contributed by atoms with Crippen molar-refractivity contribution < 1.29 is 51.0 Å². The Morgan fingerprint density at radius 3 is 1.92 bits per heavy atom. The summed E-state index contributed by atoms with van der Waals surface area (Å²) in [5.74, 6) is -21.9. The molecule has 252 valence electrons. The van der Waals surface area contributed by atoms with Crippen molar-refractivity contribution in [3.8, 4) is 5.75 Å². The fourth-order valence-corrected chi connectivity index (χ4v) is 8.64. The van der Waals surface area contributed by atoms with Crippen LogP contribution in [0.2, 0.25) is 0 Å². The molecule has 15 heteroatoms. The van der Waals surface area contributed by atoms with Crippen LogP contribution in [0.4, 0.5) is 33.3 Å². The van der Waals surface area contributed by atoms with E-state index < -0.39 is 98.2 Å². The van der Waals surface area contributed by atoms with Crippen molar-refractivity contribution in [2.75, 3.05) is 9.80 Å². The number of rotatable bonds is 4. The van der Waals surface area contributed by atoms with Gasteiger partial charge in [-0.2, -0.15) is 0 Å². The molecule has 1 saturated carbocycles. The summed E-state index contributed by atoms with van der Waals surface area (Å²) in [4.78, 5) is 63.5. The molecule has 0 bridgehead atoms. The lowest BCUT2D eigenvalue weighted by Crippen LogP contribution is -2.60. The zero-order chi connectivity index (χ0) is 35.5. The first-order valence-corrected chi connectivity index (χ1v) is 15.6. The smallest absolute Gasteiger partial charge is 0.258 e. The third-order valence-corrected chi connectivity index (χ3v) is 11.4. The molecule has 4 aliphatic rings. The first-order chi connectivity index (χ1) is 23.1. The van der Waals surface area contributed by atoms with E-state index in [1.165, 1.54) is 55.5 Å². The van der Waals surface area contributed by atoms with Crippen LogP contribution in [0.1, 0.15) is 41.6 Å². The second-order valence-corrected chi connectivity index (χ2v) is 13.6. The Kier molecular flexibility index (Phi) is 7.35. The number of anilines is 2. The monoisotopic (exact) mass is 718 g/mol. The van der Waals surface area contributed by atoms with Crippen molar-refractivity contribution in [2.45, 2.75) is 35.4 Å². The van der Waals surface area contributed by atoms with Crippen LogP contribution in [0.3, 0.4) is 0 Å². The van der Waals surface area contributed by atoms with E-state index in [-0.39, 0.29) is 39.7 Å². The van der Waals surface area contributed by atoms with Crippen molar-refractivity contribution in [3.05, 3.63) is 100 Å². The number of Topliss-reactive ketones (excluding diaryl/α,β-unsaturated/α-hetero) is 1. The predicted octanol–water partition coefficient (Wildman–Crippen LogP) is 6.06. The second-order valence-electron chi connectivity index (χ2n) is 12.4. The first kappa shape index (κ1) is 32.9. The lowest BCUT2D eigenvalue weighted by atomic mass is 9.56. The summed E-state index contributed by atoms with van der Waals surface area (Å²) >= 11 is 14.1. The number of imide groups is 2. The van der Waals surface area contributed by atoms with Crippen molar-refractivity contribution in [1.29, 1.82) is 0 Å². The number of hydrogen-bond acceptors (Lipinski definition) is 6. The SMILES string of the molecule is CC(=O)c1ccc(N2C(=O)[C@H]3[C@H](CC=C4[C@H]3C[C@@]3(Cl)C(=O)N(c5c(F)c(F)c(F)c(F)c5F)C(=O)[C@@]3(Cl)[C@H]4c3ccc(O)cc3)C2=O)cc1. The summed E-state index contributed by atoms with van der Waals surface area (Å²) in [6.07, 6.45) is 0.881. The Labute approximate surface area is 283 Å². The largest absolute Gasteiger partial charge is 0.508 e. The molecular formula is C34H21Cl2F5N2O6. The van der Waals surface area contributed by atoms with Crippen LogP contribution in [0, 0.1) is 46.8 Å². The molecule has 3 aromatic rings. The second kappa shape index (κ2) is 10.9. The fraction of sp³-hybridized carbons (Fsp3) is 0.265. The van der Waals surface area contributed by atoms with Crippen molar-refractivity contribution in [3.63, 3.8) is 0 Å². The highest BCUT2D eigenvalue weighted by atomic mass is 35.5. The Morgan fingerprint density at radius 2 is 1.35 bits per heavy atom. The summed E-state index contributed by atoms with van der Waals surface area (Å²) < 4.78 is 73.0. The Balaban J connectivity index is 1.39. The van der Waals surface area contributed by atoms with Gasteiger partial charge >= 0.3 is 0 Å². The maximum absolute atomic E-state index is 15.1. The van der Waals surface area contributed by atoms with Crippen LogP contribution >= 0.6 is 23.2 Å². The molecule has 2 heterocycles. The normalized spacial score (nSPS) is 29.2. The van der Waals surface area contributed by atoms with Gasteiger partial charge in [-0.1, -0.05) is 23.8 Å². The summed E-state index contributed by atoms with van der Waals surface area (Å²) in [5, 5.41) is 9.99. The average Bonchev–Trinajstić information content (AvgIpc) is 3.41. The summed E-state index contributed by atoms with van der Waals surface area (Å²) in [7, 11) is 0. The van der Waals surface area contributed by atoms with Crippen molar-refractivity contribution in [2.24, 2.45) is 17.8 Å².